The summed E-state index contributed by atoms with van der Waals surface area (Å²) in [6.45, 7) is 2.00. The number of aromatic nitrogens is 2. The van der Waals surface area contributed by atoms with Gasteiger partial charge in [-0.2, -0.15) is 5.10 Å². The van der Waals surface area contributed by atoms with E-state index in [-0.39, 0.29) is 11.6 Å². The van der Waals surface area contributed by atoms with Crippen LogP contribution >= 0.6 is 15.9 Å². The van der Waals surface area contributed by atoms with Crippen molar-refractivity contribution < 1.29 is 4.74 Å². The number of halogens is 1. The van der Waals surface area contributed by atoms with Crippen molar-refractivity contribution in [1.82, 2.24) is 15.2 Å². The molecule has 19 heavy (non-hydrogen) atoms. The number of ether oxygens (including phenoxy) is 1. The van der Waals surface area contributed by atoms with E-state index in [1.54, 1.807) is 7.11 Å². The number of hydrogen-bond donors (Lipinski definition) is 2. The first-order valence-electron chi connectivity index (χ1n) is 6.70. The van der Waals surface area contributed by atoms with Crippen LogP contribution in [0.5, 0.6) is 0 Å². The second-order valence-corrected chi connectivity index (χ2v) is 6.28. The molecule has 5 nitrogen and oxygen atoms in total. The third kappa shape index (κ3) is 3.02. The van der Waals surface area contributed by atoms with Crippen molar-refractivity contribution in [2.75, 3.05) is 7.11 Å². The minimum Gasteiger partial charge on any atom is -0.378 e. The summed E-state index contributed by atoms with van der Waals surface area (Å²) in [4.78, 5) is 0. The Kier molecular flexibility index (Phi) is 4.66. The van der Waals surface area contributed by atoms with E-state index in [2.05, 4.69) is 26.5 Å². The Balaban J connectivity index is 2.06. The Morgan fingerprint density at radius 3 is 2.63 bits per heavy atom. The number of hydrazine groups is 1. The van der Waals surface area contributed by atoms with Gasteiger partial charge in [-0.3, -0.25) is 16.0 Å². The molecule has 6 heteroatoms. The summed E-state index contributed by atoms with van der Waals surface area (Å²) >= 11 is 3.60. The second kappa shape index (κ2) is 5.91. The number of nitrogens with one attached hydrogen (secondary N) is 1. The number of nitrogens with two attached hydrogens (primary N) is 1. The highest BCUT2D eigenvalue weighted by atomic mass is 79.9. The lowest BCUT2D eigenvalue weighted by Crippen LogP contribution is -2.48. The Morgan fingerprint density at radius 2 is 2.26 bits per heavy atom. The van der Waals surface area contributed by atoms with E-state index < -0.39 is 0 Å². The molecule has 3 N–H and O–H groups in total. The summed E-state index contributed by atoms with van der Waals surface area (Å²) in [5.74, 6) is 5.72. The summed E-state index contributed by atoms with van der Waals surface area (Å²) in [6, 6.07) is 0.200. The molecule has 0 bridgehead atoms. The molecule has 0 spiro atoms. The van der Waals surface area contributed by atoms with Crippen LogP contribution in [0.2, 0.25) is 0 Å². The van der Waals surface area contributed by atoms with Gasteiger partial charge in [-0.05, 0) is 48.5 Å². The Labute approximate surface area is 123 Å². The highest BCUT2D eigenvalue weighted by Crippen LogP contribution is 2.39. The van der Waals surface area contributed by atoms with Crippen molar-refractivity contribution in [2.45, 2.75) is 50.7 Å². The minimum atomic E-state index is 0.0250. The van der Waals surface area contributed by atoms with Gasteiger partial charge in [-0.15, -0.1) is 0 Å². The highest BCUT2D eigenvalue weighted by Gasteiger charge is 2.39. The van der Waals surface area contributed by atoms with Crippen molar-refractivity contribution in [1.29, 1.82) is 0 Å². The molecule has 0 aromatic carbocycles. The maximum absolute atomic E-state index is 5.72. The van der Waals surface area contributed by atoms with Gasteiger partial charge in [0.15, 0.2) is 0 Å². The highest BCUT2D eigenvalue weighted by molar-refractivity contribution is 9.10. The predicted octanol–water partition coefficient (Wildman–Crippen LogP) is 1.82. The third-order valence-electron chi connectivity index (χ3n) is 4.25. The molecule has 1 heterocycles. The van der Waals surface area contributed by atoms with E-state index >= 15 is 0 Å². The van der Waals surface area contributed by atoms with Gasteiger partial charge in [0.1, 0.15) is 0 Å². The summed E-state index contributed by atoms with van der Waals surface area (Å²) in [6.07, 6.45) is 5.30. The third-order valence-corrected chi connectivity index (χ3v) is 5.28. The van der Waals surface area contributed by atoms with Crippen molar-refractivity contribution in [2.24, 2.45) is 12.9 Å². The Bertz CT molecular complexity index is 437. The minimum absolute atomic E-state index is 0.0250. The van der Waals surface area contributed by atoms with Gasteiger partial charge in [0.2, 0.25) is 0 Å². The quantitative estimate of drug-likeness (QED) is 0.617. The van der Waals surface area contributed by atoms with Crippen molar-refractivity contribution >= 4 is 15.9 Å². The second-order valence-electron chi connectivity index (χ2n) is 5.48. The van der Waals surface area contributed by atoms with Crippen LogP contribution < -0.4 is 11.3 Å². The number of hydrogen-bond acceptors (Lipinski definition) is 4. The molecule has 2 rings (SSSR count). The lowest BCUT2D eigenvalue weighted by Gasteiger charge is -2.42. The maximum Gasteiger partial charge on any atom is 0.0738 e. The van der Waals surface area contributed by atoms with Gasteiger partial charge >= 0.3 is 0 Å². The molecule has 1 saturated carbocycles. The molecule has 1 atom stereocenters. The van der Waals surface area contributed by atoms with E-state index in [9.17, 15) is 0 Å². The summed E-state index contributed by atoms with van der Waals surface area (Å²) in [7, 11) is 3.77. The molecule has 1 unspecified atom stereocenters. The van der Waals surface area contributed by atoms with Gasteiger partial charge in [0.25, 0.3) is 0 Å². The number of aryl methyl sites for hydroxylation is 2. The van der Waals surface area contributed by atoms with Crippen LogP contribution in [-0.4, -0.2) is 28.5 Å². The molecule has 1 aliphatic carbocycles. The van der Waals surface area contributed by atoms with Crippen LogP contribution in [0, 0.1) is 6.92 Å². The topological polar surface area (TPSA) is 65.1 Å². The zero-order valence-corrected chi connectivity index (χ0v) is 13.5. The lowest BCUT2D eigenvalue weighted by atomic mass is 9.75. The van der Waals surface area contributed by atoms with E-state index in [1.165, 1.54) is 12.1 Å². The molecule has 0 aliphatic heterocycles. The van der Waals surface area contributed by atoms with Crippen LogP contribution in [0.1, 0.15) is 37.1 Å². The standard InChI is InChI=1S/C13H23BrN4O/c1-9-12(14)11(18(2)17-9)7-10(16-15)8-13(19-3)5-4-6-13/h10,16H,4-8,15H2,1-3H3. The molecule has 0 saturated heterocycles. The van der Waals surface area contributed by atoms with Crippen LogP contribution in [-0.2, 0) is 18.2 Å². The SMILES string of the molecule is COC1(CC(Cc2c(Br)c(C)nn2C)NN)CCC1. The molecule has 1 aromatic heterocycles. The van der Waals surface area contributed by atoms with Gasteiger partial charge in [0.05, 0.1) is 21.5 Å². The van der Waals surface area contributed by atoms with E-state index in [1.807, 2.05) is 18.7 Å². The number of rotatable bonds is 6. The predicted molar refractivity (Wildman–Crippen MR) is 78.7 cm³/mol. The normalized spacial score (nSPS) is 19.2. The summed E-state index contributed by atoms with van der Waals surface area (Å²) in [5, 5.41) is 4.42. The van der Waals surface area contributed by atoms with Crippen molar-refractivity contribution in [3.63, 3.8) is 0 Å². The van der Waals surface area contributed by atoms with Gasteiger partial charge in [-0.25, -0.2) is 0 Å². The Morgan fingerprint density at radius 1 is 1.58 bits per heavy atom. The van der Waals surface area contributed by atoms with E-state index in [4.69, 9.17) is 10.6 Å². The fourth-order valence-electron chi connectivity index (χ4n) is 2.84. The molecular formula is C13H23BrN4O. The lowest BCUT2D eigenvalue weighted by molar-refractivity contribution is -0.0835. The van der Waals surface area contributed by atoms with Crippen molar-refractivity contribution in [3.05, 3.63) is 15.9 Å². The molecule has 1 fully saturated rings. The van der Waals surface area contributed by atoms with Crippen LogP contribution in [0.4, 0.5) is 0 Å². The Hall–Kier alpha value is -0.430. The molecule has 108 valence electrons. The first-order valence-corrected chi connectivity index (χ1v) is 7.50. The smallest absolute Gasteiger partial charge is 0.0738 e. The average Bonchev–Trinajstić information content (AvgIpc) is 2.58. The summed E-state index contributed by atoms with van der Waals surface area (Å²) < 4.78 is 8.68. The summed E-state index contributed by atoms with van der Waals surface area (Å²) in [5.41, 5.74) is 5.14. The zero-order chi connectivity index (χ0) is 14.0. The zero-order valence-electron chi connectivity index (χ0n) is 11.9. The molecule has 1 aromatic rings. The van der Waals surface area contributed by atoms with Gasteiger partial charge in [0, 0.05) is 26.6 Å². The van der Waals surface area contributed by atoms with E-state index in [0.717, 1.165) is 35.8 Å². The van der Waals surface area contributed by atoms with Crippen molar-refractivity contribution in [3.8, 4) is 0 Å². The van der Waals surface area contributed by atoms with Gasteiger partial charge in [-0.1, -0.05) is 0 Å². The van der Waals surface area contributed by atoms with Crippen LogP contribution in [0.15, 0.2) is 4.47 Å². The molecule has 1 aliphatic rings. The average molecular weight is 331 g/mol. The van der Waals surface area contributed by atoms with Crippen LogP contribution in [0.3, 0.4) is 0 Å². The fraction of sp³-hybridized carbons (Fsp3) is 0.769. The van der Waals surface area contributed by atoms with Gasteiger partial charge < -0.3 is 4.74 Å². The first-order chi connectivity index (χ1) is 9.01. The fourth-order valence-corrected chi connectivity index (χ4v) is 3.33. The number of nitrogens with zero attached hydrogens (tertiary/aromatic N) is 2. The van der Waals surface area contributed by atoms with E-state index in [0.29, 0.717) is 0 Å². The largest absolute Gasteiger partial charge is 0.378 e. The maximum atomic E-state index is 5.72. The number of methoxy groups -OCH3 is 1. The monoisotopic (exact) mass is 330 g/mol. The first kappa shape index (κ1) is 15.0. The molecule has 0 radical (unpaired) electrons. The molecular weight excluding hydrogens is 308 g/mol. The molecule has 0 amide bonds. The van der Waals surface area contributed by atoms with Crippen LogP contribution in [0.25, 0.3) is 0 Å².